The second kappa shape index (κ2) is 7.68. The van der Waals surface area contributed by atoms with Crippen LogP contribution in [0.15, 0.2) is 29.6 Å². The molecule has 4 N–H and O–H groups in total. The van der Waals surface area contributed by atoms with Crippen molar-refractivity contribution in [2.75, 3.05) is 23.7 Å². The van der Waals surface area contributed by atoms with Crippen molar-refractivity contribution in [1.29, 1.82) is 0 Å². The molecule has 0 aromatic carbocycles. The minimum atomic E-state index is -0.422. The van der Waals surface area contributed by atoms with Crippen LogP contribution >= 0.6 is 24.2 Å². The van der Waals surface area contributed by atoms with Crippen molar-refractivity contribution in [2.45, 2.75) is 26.3 Å². The van der Waals surface area contributed by atoms with E-state index in [1.807, 2.05) is 32.3 Å². The molecule has 0 saturated carbocycles. The highest BCUT2D eigenvalue weighted by Gasteiger charge is 2.21. The molecule has 0 saturated heterocycles. The topological polar surface area (TPSA) is 87.0 Å². The van der Waals surface area contributed by atoms with Crippen molar-refractivity contribution in [3.05, 3.63) is 35.1 Å². The first kappa shape index (κ1) is 19.6. The molecule has 6 nitrogen and oxygen atoms in total. The van der Waals surface area contributed by atoms with Crippen LogP contribution in [0.2, 0.25) is 0 Å². The Bertz CT molecular complexity index is 796. The molecule has 2 aromatic heterocycles. The zero-order valence-electron chi connectivity index (χ0n) is 14.6. The molecule has 0 aliphatic carbocycles. The van der Waals surface area contributed by atoms with Crippen molar-refractivity contribution in [3.8, 4) is 0 Å². The number of aromatic amines is 1. The quantitative estimate of drug-likeness (QED) is 0.757. The number of halogens is 1. The summed E-state index contributed by atoms with van der Waals surface area (Å²) < 4.78 is 0. The van der Waals surface area contributed by atoms with Gasteiger partial charge in [0.2, 0.25) is 0 Å². The van der Waals surface area contributed by atoms with Gasteiger partial charge in [-0.25, -0.2) is 4.98 Å². The standard InChI is InChI=1S/C17H23N5OS.ClH/c1-11-8-20-15-14(11)12(4-5-19-15)22-6-7-24-13(9-22)16(23)21-10-17(2,3)18;/h4-5,8-9H,6-7,10,18H2,1-3H3,(H,19,20)(H,21,23);1H. The number of fused-ring (bicyclic) bond motifs is 1. The van der Waals surface area contributed by atoms with Crippen molar-refractivity contribution in [2.24, 2.45) is 5.73 Å². The first-order valence-corrected chi connectivity index (χ1v) is 8.95. The molecular weight excluding hydrogens is 358 g/mol. The molecule has 3 rings (SSSR count). The van der Waals surface area contributed by atoms with Gasteiger partial charge in [0, 0.05) is 48.4 Å². The fraction of sp³-hybridized carbons (Fsp3) is 0.412. The summed E-state index contributed by atoms with van der Waals surface area (Å²) in [4.78, 5) is 22.8. The maximum atomic E-state index is 12.4. The van der Waals surface area contributed by atoms with Gasteiger partial charge in [-0.1, -0.05) is 0 Å². The zero-order valence-corrected chi connectivity index (χ0v) is 16.3. The summed E-state index contributed by atoms with van der Waals surface area (Å²) in [6.07, 6.45) is 5.68. The number of aryl methyl sites for hydroxylation is 1. The number of anilines is 1. The Hall–Kier alpha value is -1.70. The van der Waals surface area contributed by atoms with E-state index in [2.05, 4.69) is 27.1 Å². The predicted octanol–water partition coefficient (Wildman–Crippen LogP) is 2.54. The molecule has 0 spiro atoms. The third-order valence-electron chi connectivity index (χ3n) is 3.85. The number of nitrogens with two attached hydrogens (primary N) is 1. The van der Waals surface area contributed by atoms with Crippen LogP contribution in [0.3, 0.4) is 0 Å². The number of rotatable bonds is 4. The van der Waals surface area contributed by atoms with Gasteiger partial charge in [-0.3, -0.25) is 4.79 Å². The van der Waals surface area contributed by atoms with Gasteiger partial charge in [-0.05, 0) is 32.4 Å². The van der Waals surface area contributed by atoms with E-state index in [4.69, 9.17) is 5.73 Å². The minimum Gasteiger partial charge on any atom is -0.350 e. The van der Waals surface area contributed by atoms with Crippen LogP contribution in [0.4, 0.5) is 5.69 Å². The monoisotopic (exact) mass is 381 g/mol. The summed E-state index contributed by atoms with van der Waals surface area (Å²) in [5, 5.41) is 4.01. The van der Waals surface area contributed by atoms with Gasteiger partial charge >= 0.3 is 0 Å². The molecule has 1 aliphatic heterocycles. The number of carbonyl (C=O) groups excluding carboxylic acids is 1. The third-order valence-corrected chi connectivity index (χ3v) is 4.84. The van der Waals surface area contributed by atoms with Crippen LogP contribution in [-0.4, -0.2) is 40.3 Å². The van der Waals surface area contributed by atoms with E-state index in [1.165, 1.54) is 0 Å². The smallest absolute Gasteiger partial charge is 0.259 e. The molecule has 0 bridgehead atoms. The van der Waals surface area contributed by atoms with Gasteiger partial charge in [-0.15, -0.1) is 24.2 Å². The van der Waals surface area contributed by atoms with Crippen molar-refractivity contribution in [1.82, 2.24) is 15.3 Å². The molecule has 3 heterocycles. The van der Waals surface area contributed by atoms with Crippen LogP contribution in [0.5, 0.6) is 0 Å². The first-order chi connectivity index (χ1) is 11.3. The number of aromatic nitrogens is 2. The number of amides is 1. The van der Waals surface area contributed by atoms with Gasteiger partial charge in [0.25, 0.3) is 5.91 Å². The molecule has 2 aromatic rings. The lowest BCUT2D eigenvalue weighted by Gasteiger charge is -2.27. The molecule has 25 heavy (non-hydrogen) atoms. The Kier molecular flexibility index (Phi) is 6.03. The number of nitrogens with one attached hydrogen (secondary N) is 2. The van der Waals surface area contributed by atoms with E-state index in [9.17, 15) is 4.79 Å². The SMILES string of the molecule is Cc1c[nH]c2nccc(N3C=C(C(=O)NCC(C)(C)N)SCC3)c12.Cl. The molecule has 0 unspecified atom stereocenters. The average Bonchev–Trinajstić information content (AvgIpc) is 2.93. The van der Waals surface area contributed by atoms with Gasteiger partial charge in [-0.2, -0.15) is 0 Å². The predicted molar refractivity (Wildman–Crippen MR) is 107 cm³/mol. The van der Waals surface area contributed by atoms with Crippen molar-refractivity contribution in [3.63, 3.8) is 0 Å². The van der Waals surface area contributed by atoms with E-state index in [1.54, 1.807) is 18.0 Å². The molecule has 136 valence electrons. The van der Waals surface area contributed by atoms with Crippen LogP contribution in [0.25, 0.3) is 11.0 Å². The number of H-pyrrole nitrogens is 1. The Morgan fingerprint density at radius 1 is 1.52 bits per heavy atom. The lowest BCUT2D eigenvalue weighted by Crippen LogP contribution is -2.45. The molecule has 0 radical (unpaired) electrons. The van der Waals surface area contributed by atoms with E-state index >= 15 is 0 Å². The summed E-state index contributed by atoms with van der Waals surface area (Å²) in [6, 6.07) is 1.99. The van der Waals surface area contributed by atoms with Crippen LogP contribution in [0, 0.1) is 6.92 Å². The Balaban J connectivity index is 0.00000225. The Labute approximate surface area is 158 Å². The number of carbonyl (C=O) groups is 1. The van der Waals surface area contributed by atoms with E-state index in [-0.39, 0.29) is 18.3 Å². The van der Waals surface area contributed by atoms with Gasteiger partial charge in [0.05, 0.1) is 10.6 Å². The average molecular weight is 382 g/mol. The fourth-order valence-electron chi connectivity index (χ4n) is 2.64. The number of hydrogen-bond donors (Lipinski definition) is 3. The number of hydrogen-bond acceptors (Lipinski definition) is 5. The molecular formula is C17H24ClN5OS. The molecule has 0 fully saturated rings. The summed E-state index contributed by atoms with van der Waals surface area (Å²) in [5.41, 5.74) is 8.60. The lowest BCUT2D eigenvalue weighted by molar-refractivity contribution is -0.117. The zero-order chi connectivity index (χ0) is 17.3. The maximum Gasteiger partial charge on any atom is 0.259 e. The van der Waals surface area contributed by atoms with Crippen molar-refractivity contribution >= 4 is 46.8 Å². The van der Waals surface area contributed by atoms with Gasteiger partial charge in [0.15, 0.2) is 0 Å². The van der Waals surface area contributed by atoms with Crippen LogP contribution < -0.4 is 16.0 Å². The molecule has 0 atom stereocenters. The first-order valence-electron chi connectivity index (χ1n) is 7.96. The van der Waals surface area contributed by atoms with E-state index < -0.39 is 5.54 Å². The summed E-state index contributed by atoms with van der Waals surface area (Å²) in [6.45, 7) is 7.14. The molecule has 8 heteroatoms. The summed E-state index contributed by atoms with van der Waals surface area (Å²) >= 11 is 1.58. The van der Waals surface area contributed by atoms with E-state index in [0.717, 1.165) is 34.6 Å². The second-order valence-electron chi connectivity index (χ2n) is 6.73. The Morgan fingerprint density at radius 2 is 2.28 bits per heavy atom. The maximum absolute atomic E-state index is 12.4. The van der Waals surface area contributed by atoms with Crippen LogP contribution in [-0.2, 0) is 4.79 Å². The molecule has 1 aliphatic rings. The third kappa shape index (κ3) is 4.48. The van der Waals surface area contributed by atoms with Gasteiger partial charge in [0.1, 0.15) is 5.65 Å². The highest BCUT2D eigenvalue weighted by Crippen LogP contribution is 2.32. The lowest BCUT2D eigenvalue weighted by atomic mass is 10.1. The fourth-order valence-corrected chi connectivity index (χ4v) is 3.56. The minimum absolute atomic E-state index is 0. The highest BCUT2D eigenvalue weighted by molar-refractivity contribution is 8.04. The summed E-state index contributed by atoms with van der Waals surface area (Å²) in [5.74, 6) is 0.790. The van der Waals surface area contributed by atoms with E-state index in [0.29, 0.717) is 11.4 Å². The highest BCUT2D eigenvalue weighted by atomic mass is 35.5. The van der Waals surface area contributed by atoms with Gasteiger partial charge < -0.3 is 20.9 Å². The number of nitrogens with zero attached hydrogens (tertiary/aromatic N) is 2. The molecule has 1 amide bonds. The second-order valence-corrected chi connectivity index (χ2v) is 7.87. The van der Waals surface area contributed by atoms with Crippen LogP contribution in [0.1, 0.15) is 19.4 Å². The Morgan fingerprint density at radius 3 is 3.00 bits per heavy atom. The normalized spacial score (nSPS) is 14.9. The summed E-state index contributed by atoms with van der Waals surface area (Å²) in [7, 11) is 0. The number of pyridine rings is 1. The largest absolute Gasteiger partial charge is 0.350 e. The number of thioether (sulfide) groups is 1. The van der Waals surface area contributed by atoms with Crippen molar-refractivity contribution < 1.29 is 4.79 Å².